The van der Waals surface area contributed by atoms with Gasteiger partial charge in [-0.2, -0.15) is 0 Å². The first kappa shape index (κ1) is 19.1. The summed E-state index contributed by atoms with van der Waals surface area (Å²) in [6.07, 6.45) is 0. The van der Waals surface area contributed by atoms with Crippen molar-refractivity contribution in [3.63, 3.8) is 0 Å². The molecule has 0 saturated carbocycles. The van der Waals surface area contributed by atoms with Crippen LogP contribution in [0.1, 0.15) is 25.0 Å². The van der Waals surface area contributed by atoms with E-state index in [2.05, 4.69) is 122 Å². The van der Waals surface area contributed by atoms with Crippen LogP contribution in [0.15, 0.2) is 108 Å². The first-order valence-corrected chi connectivity index (χ1v) is 12.2. The third-order valence-electron chi connectivity index (χ3n) is 7.95. The van der Waals surface area contributed by atoms with Crippen molar-refractivity contribution in [1.29, 1.82) is 0 Å². The Balaban J connectivity index is 1.58. The van der Waals surface area contributed by atoms with E-state index in [1.807, 2.05) is 0 Å². The number of fused-ring (bicyclic) bond motifs is 10. The standard InChI is InChI=1S/C33H23NO/c1-33(2)26-18-17-24-23-11-5-7-13-27(23)34(22-16-15-20-9-3-4-10-21(20)19-22)31(24)29(26)32-30(33)25-12-6-8-14-28(25)35-32/h3-19H,1-2H3. The van der Waals surface area contributed by atoms with Gasteiger partial charge >= 0.3 is 0 Å². The van der Waals surface area contributed by atoms with Crippen LogP contribution < -0.4 is 0 Å². The lowest BCUT2D eigenvalue weighted by atomic mass is 9.81. The second-order valence-corrected chi connectivity index (χ2v) is 10.2. The zero-order chi connectivity index (χ0) is 23.3. The van der Waals surface area contributed by atoms with E-state index in [0.717, 1.165) is 11.3 Å². The van der Waals surface area contributed by atoms with Gasteiger partial charge < -0.3 is 8.98 Å². The Morgan fingerprint density at radius 2 is 1.40 bits per heavy atom. The molecule has 2 heterocycles. The molecule has 0 bridgehead atoms. The smallest absolute Gasteiger partial charge is 0.141 e. The maximum absolute atomic E-state index is 6.62. The van der Waals surface area contributed by atoms with Crippen LogP contribution in [0.2, 0.25) is 0 Å². The van der Waals surface area contributed by atoms with Crippen molar-refractivity contribution in [3.8, 4) is 17.0 Å². The van der Waals surface area contributed by atoms with E-state index in [-0.39, 0.29) is 5.41 Å². The van der Waals surface area contributed by atoms with E-state index in [9.17, 15) is 0 Å². The molecule has 35 heavy (non-hydrogen) atoms. The Morgan fingerprint density at radius 3 is 2.29 bits per heavy atom. The minimum atomic E-state index is -0.143. The molecule has 0 amide bonds. The first-order valence-electron chi connectivity index (χ1n) is 12.2. The summed E-state index contributed by atoms with van der Waals surface area (Å²) < 4.78 is 9.06. The van der Waals surface area contributed by atoms with Crippen molar-refractivity contribution in [3.05, 3.63) is 114 Å². The number of hydrogen-bond acceptors (Lipinski definition) is 1. The fraction of sp³-hybridized carbons (Fsp3) is 0.0909. The summed E-state index contributed by atoms with van der Waals surface area (Å²) in [7, 11) is 0. The molecule has 0 fully saturated rings. The maximum atomic E-state index is 6.62. The number of nitrogens with zero attached hydrogens (tertiary/aromatic N) is 1. The highest BCUT2D eigenvalue weighted by molar-refractivity contribution is 6.16. The summed E-state index contributed by atoms with van der Waals surface area (Å²) in [5, 5.41) is 6.24. The molecule has 0 spiro atoms. The van der Waals surface area contributed by atoms with Gasteiger partial charge in [-0.05, 0) is 40.6 Å². The predicted octanol–water partition coefficient (Wildman–Crippen LogP) is 8.99. The zero-order valence-corrected chi connectivity index (χ0v) is 19.7. The highest BCUT2D eigenvalue weighted by Gasteiger charge is 2.42. The van der Waals surface area contributed by atoms with Crippen molar-refractivity contribution in [2.45, 2.75) is 19.3 Å². The summed E-state index contributed by atoms with van der Waals surface area (Å²) in [4.78, 5) is 0. The minimum absolute atomic E-state index is 0.143. The van der Waals surface area contributed by atoms with Crippen molar-refractivity contribution < 1.29 is 4.42 Å². The van der Waals surface area contributed by atoms with Gasteiger partial charge in [0, 0.05) is 38.4 Å². The zero-order valence-electron chi connectivity index (χ0n) is 19.7. The molecule has 0 N–H and O–H groups in total. The molecule has 0 atom stereocenters. The van der Waals surface area contributed by atoms with Gasteiger partial charge in [0.05, 0.1) is 11.0 Å². The maximum Gasteiger partial charge on any atom is 0.141 e. The quantitative estimate of drug-likeness (QED) is 0.244. The minimum Gasteiger partial charge on any atom is -0.456 e. The molecule has 2 aromatic heterocycles. The van der Waals surface area contributed by atoms with Gasteiger partial charge in [0.25, 0.3) is 0 Å². The van der Waals surface area contributed by atoms with Crippen molar-refractivity contribution in [2.75, 3.05) is 0 Å². The van der Waals surface area contributed by atoms with Gasteiger partial charge in [-0.25, -0.2) is 0 Å². The van der Waals surface area contributed by atoms with Crippen LogP contribution in [0.5, 0.6) is 0 Å². The van der Waals surface area contributed by atoms with Gasteiger partial charge in [0.1, 0.15) is 11.3 Å². The van der Waals surface area contributed by atoms with E-state index < -0.39 is 0 Å². The molecule has 0 radical (unpaired) electrons. The summed E-state index contributed by atoms with van der Waals surface area (Å²) in [6.45, 7) is 4.66. The Kier molecular flexibility index (Phi) is 3.50. The molecular weight excluding hydrogens is 426 g/mol. The number of para-hydroxylation sites is 2. The fourth-order valence-corrected chi connectivity index (χ4v) is 6.37. The third-order valence-corrected chi connectivity index (χ3v) is 7.95. The summed E-state index contributed by atoms with van der Waals surface area (Å²) in [5.41, 5.74) is 8.28. The molecule has 166 valence electrons. The topological polar surface area (TPSA) is 18.1 Å². The van der Waals surface area contributed by atoms with Gasteiger partial charge in [-0.1, -0.05) is 92.7 Å². The molecule has 5 aromatic carbocycles. The van der Waals surface area contributed by atoms with Crippen LogP contribution in [-0.4, -0.2) is 4.57 Å². The van der Waals surface area contributed by atoms with Crippen molar-refractivity contribution in [2.24, 2.45) is 0 Å². The van der Waals surface area contributed by atoms with Crippen LogP contribution in [0.4, 0.5) is 0 Å². The molecule has 0 saturated heterocycles. The monoisotopic (exact) mass is 449 g/mol. The third kappa shape index (κ3) is 2.34. The lowest BCUT2D eigenvalue weighted by molar-refractivity contribution is 0.619. The highest BCUT2D eigenvalue weighted by atomic mass is 16.3. The van der Waals surface area contributed by atoms with Gasteiger partial charge in [0.2, 0.25) is 0 Å². The van der Waals surface area contributed by atoms with Crippen molar-refractivity contribution >= 4 is 43.5 Å². The molecular formula is C33H23NO. The van der Waals surface area contributed by atoms with Crippen LogP contribution in [0.3, 0.4) is 0 Å². The first-order chi connectivity index (χ1) is 17.1. The Morgan fingerprint density at radius 1 is 0.657 bits per heavy atom. The van der Waals surface area contributed by atoms with E-state index in [1.54, 1.807) is 0 Å². The number of hydrogen-bond donors (Lipinski definition) is 0. The van der Waals surface area contributed by atoms with Gasteiger partial charge in [-0.3, -0.25) is 0 Å². The van der Waals surface area contributed by atoms with Gasteiger partial charge in [0.15, 0.2) is 0 Å². The lowest BCUT2D eigenvalue weighted by Gasteiger charge is -2.21. The molecule has 0 aliphatic heterocycles. The normalized spacial score (nSPS) is 14.2. The highest BCUT2D eigenvalue weighted by Crippen LogP contribution is 2.56. The van der Waals surface area contributed by atoms with Crippen molar-refractivity contribution in [1.82, 2.24) is 4.57 Å². The van der Waals surface area contributed by atoms with Crippen LogP contribution in [0, 0.1) is 0 Å². The second kappa shape index (κ2) is 6.43. The molecule has 1 aliphatic rings. The molecule has 8 rings (SSSR count). The fourth-order valence-electron chi connectivity index (χ4n) is 6.37. The summed E-state index contributed by atoms with van der Waals surface area (Å²) in [6, 6.07) is 37.2. The van der Waals surface area contributed by atoms with E-state index in [1.165, 1.54) is 60.3 Å². The molecule has 1 aliphatic carbocycles. The average molecular weight is 450 g/mol. The van der Waals surface area contributed by atoms with Crippen LogP contribution in [0.25, 0.3) is 60.6 Å². The Hall–Kier alpha value is -4.30. The van der Waals surface area contributed by atoms with Crippen LogP contribution >= 0.6 is 0 Å². The number of furan rings is 1. The molecule has 0 unspecified atom stereocenters. The summed E-state index contributed by atoms with van der Waals surface area (Å²) >= 11 is 0. The van der Waals surface area contributed by atoms with Crippen LogP contribution in [-0.2, 0) is 5.41 Å². The SMILES string of the molecule is CC1(C)c2ccc3c4ccccc4n(-c4ccc5ccccc5c4)c3c2-c2oc3ccccc3c21. The van der Waals surface area contributed by atoms with E-state index in [4.69, 9.17) is 4.42 Å². The lowest BCUT2D eigenvalue weighted by Crippen LogP contribution is -2.14. The van der Waals surface area contributed by atoms with Gasteiger partial charge in [-0.15, -0.1) is 0 Å². The Labute approximate surface area is 203 Å². The summed E-state index contributed by atoms with van der Waals surface area (Å²) in [5.74, 6) is 1.02. The molecule has 7 aromatic rings. The van der Waals surface area contributed by atoms with E-state index >= 15 is 0 Å². The number of rotatable bonds is 1. The number of aromatic nitrogens is 1. The van der Waals surface area contributed by atoms with E-state index in [0.29, 0.717) is 0 Å². The predicted molar refractivity (Wildman–Crippen MR) is 146 cm³/mol. The Bertz CT molecular complexity index is 1980. The second-order valence-electron chi connectivity index (χ2n) is 10.2. The number of benzene rings is 5. The largest absolute Gasteiger partial charge is 0.456 e. The molecule has 2 nitrogen and oxygen atoms in total. The molecule has 2 heteroatoms. The average Bonchev–Trinajstić information content (AvgIpc) is 3.50.